The minimum Gasteiger partial charge on any atom is -0.496 e. The van der Waals surface area contributed by atoms with Crippen LogP contribution in [0.1, 0.15) is 15.9 Å². The van der Waals surface area contributed by atoms with Gasteiger partial charge in [-0.15, -0.1) is 0 Å². The largest absolute Gasteiger partial charge is 0.496 e. The highest BCUT2D eigenvalue weighted by Crippen LogP contribution is 2.30. The number of carbonyl (C=O) groups excluding carboxylic acids is 1. The SMILES string of the molecule is COc1ccccc1/C=C\C(=O)c1c(Cl)n(C)c2ccccc12. The molecule has 0 bridgehead atoms. The van der Waals surface area contributed by atoms with E-state index in [4.69, 9.17) is 16.3 Å². The van der Waals surface area contributed by atoms with Crippen molar-refractivity contribution in [3.05, 3.63) is 70.9 Å². The van der Waals surface area contributed by atoms with Crippen molar-refractivity contribution in [1.82, 2.24) is 4.57 Å². The normalized spacial score (nSPS) is 11.3. The van der Waals surface area contributed by atoms with Crippen molar-refractivity contribution in [3.63, 3.8) is 0 Å². The summed E-state index contributed by atoms with van der Waals surface area (Å²) < 4.78 is 7.11. The summed E-state index contributed by atoms with van der Waals surface area (Å²) >= 11 is 6.36. The molecule has 0 aliphatic carbocycles. The van der Waals surface area contributed by atoms with Crippen molar-refractivity contribution in [2.75, 3.05) is 7.11 Å². The van der Waals surface area contributed by atoms with E-state index >= 15 is 0 Å². The zero-order chi connectivity index (χ0) is 16.4. The minimum absolute atomic E-state index is 0.127. The summed E-state index contributed by atoms with van der Waals surface area (Å²) in [5, 5.41) is 1.30. The average Bonchev–Trinajstić information content (AvgIpc) is 2.84. The second kappa shape index (κ2) is 6.31. The van der Waals surface area contributed by atoms with Crippen LogP contribution in [0.5, 0.6) is 5.75 Å². The number of carbonyl (C=O) groups is 1. The van der Waals surface area contributed by atoms with Crippen LogP contribution in [0.4, 0.5) is 0 Å². The van der Waals surface area contributed by atoms with Gasteiger partial charge in [-0.1, -0.05) is 48.0 Å². The number of para-hydroxylation sites is 2. The van der Waals surface area contributed by atoms with Crippen molar-refractivity contribution in [3.8, 4) is 5.75 Å². The lowest BCUT2D eigenvalue weighted by Crippen LogP contribution is -1.95. The van der Waals surface area contributed by atoms with Crippen molar-refractivity contribution in [2.24, 2.45) is 7.05 Å². The lowest BCUT2D eigenvalue weighted by molar-refractivity contribution is 0.104. The maximum absolute atomic E-state index is 12.6. The Morgan fingerprint density at radius 1 is 1.13 bits per heavy atom. The number of rotatable bonds is 4. The van der Waals surface area contributed by atoms with Gasteiger partial charge >= 0.3 is 0 Å². The number of methoxy groups -OCH3 is 1. The van der Waals surface area contributed by atoms with E-state index in [0.717, 1.165) is 22.2 Å². The number of benzene rings is 2. The number of hydrogen-bond acceptors (Lipinski definition) is 2. The maximum atomic E-state index is 12.6. The summed E-state index contributed by atoms with van der Waals surface area (Å²) in [5.41, 5.74) is 2.31. The monoisotopic (exact) mass is 325 g/mol. The molecule has 2 aromatic carbocycles. The summed E-state index contributed by atoms with van der Waals surface area (Å²) in [7, 11) is 3.46. The first kappa shape index (κ1) is 15.4. The van der Waals surface area contributed by atoms with Crippen LogP contribution in [-0.4, -0.2) is 17.5 Å². The van der Waals surface area contributed by atoms with Crippen molar-refractivity contribution >= 4 is 34.4 Å². The van der Waals surface area contributed by atoms with E-state index < -0.39 is 0 Å². The van der Waals surface area contributed by atoms with Crippen molar-refractivity contribution in [2.45, 2.75) is 0 Å². The van der Waals surface area contributed by atoms with Gasteiger partial charge in [0.2, 0.25) is 0 Å². The van der Waals surface area contributed by atoms with Crippen LogP contribution in [0, 0.1) is 0 Å². The molecule has 0 spiro atoms. The van der Waals surface area contributed by atoms with Gasteiger partial charge in [0, 0.05) is 23.5 Å². The van der Waals surface area contributed by atoms with Gasteiger partial charge in [-0.3, -0.25) is 4.79 Å². The number of nitrogens with zero attached hydrogens (tertiary/aromatic N) is 1. The Hall–Kier alpha value is -2.52. The van der Waals surface area contributed by atoms with E-state index in [1.165, 1.54) is 6.08 Å². The summed E-state index contributed by atoms with van der Waals surface area (Å²) in [6.07, 6.45) is 3.28. The first-order valence-electron chi connectivity index (χ1n) is 7.22. The Balaban J connectivity index is 2.02. The van der Waals surface area contributed by atoms with Gasteiger partial charge in [0.1, 0.15) is 10.9 Å². The van der Waals surface area contributed by atoms with E-state index in [2.05, 4.69) is 0 Å². The predicted octanol–water partition coefficient (Wildman–Crippen LogP) is 4.74. The third-order valence-corrected chi connectivity index (χ3v) is 4.28. The number of allylic oxidation sites excluding steroid dienone is 1. The summed E-state index contributed by atoms with van der Waals surface area (Å²) in [5.74, 6) is 0.596. The molecule has 116 valence electrons. The van der Waals surface area contributed by atoms with Gasteiger partial charge in [-0.2, -0.15) is 0 Å². The summed E-state index contributed by atoms with van der Waals surface area (Å²) in [4.78, 5) is 12.6. The molecule has 0 N–H and O–H groups in total. The highest BCUT2D eigenvalue weighted by atomic mass is 35.5. The average molecular weight is 326 g/mol. The van der Waals surface area contributed by atoms with Crippen LogP contribution >= 0.6 is 11.6 Å². The smallest absolute Gasteiger partial charge is 0.189 e. The third-order valence-electron chi connectivity index (χ3n) is 3.84. The highest BCUT2D eigenvalue weighted by Gasteiger charge is 2.17. The molecule has 0 atom stereocenters. The minimum atomic E-state index is -0.127. The van der Waals surface area contributed by atoms with Crippen LogP contribution in [0.25, 0.3) is 17.0 Å². The number of fused-ring (bicyclic) bond motifs is 1. The van der Waals surface area contributed by atoms with E-state index in [9.17, 15) is 4.79 Å². The Morgan fingerprint density at radius 2 is 1.83 bits per heavy atom. The molecule has 0 aliphatic heterocycles. The molecule has 3 nitrogen and oxygen atoms in total. The topological polar surface area (TPSA) is 31.2 Å². The number of aromatic nitrogens is 1. The summed E-state index contributed by atoms with van der Waals surface area (Å²) in [6.45, 7) is 0. The van der Waals surface area contributed by atoms with Crippen LogP contribution in [-0.2, 0) is 7.05 Å². The Kier molecular flexibility index (Phi) is 4.22. The zero-order valence-electron chi connectivity index (χ0n) is 12.9. The molecule has 1 heterocycles. The van der Waals surface area contributed by atoms with Gasteiger partial charge < -0.3 is 9.30 Å². The van der Waals surface area contributed by atoms with Crippen LogP contribution in [0.2, 0.25) is 5.15 Å². The standard InChI is InChI=1S/C19H16ClNO2/c1-21-15-9-5-4-8-14(15)18(19(21)20)16(22)12-11-13-7-3-6-10-17(13)23-2/h3-12H,1-2H3/b12-11-. The van der Waals surface area contributed by atoms with Crippen LogP contribution < -0.4 is 4.74 Å². The molecular formula is C19H16ClNO2. The van der Waals surface area contributed by atoms with Crippen LogP contribution in [0.3, 0.4) is 0 Å². The van der Waals surface area contributed by atoms with Gasteiger partial charge in [0.05, 0.1) is 12.7 Å². The van der Waals surface area contributed by atoms with Gasteiger partial charge in [0.25, 0.3) is 0 Å². The molecule has 0 unspecified atom stereocenters. The van der Waals surface area contributed by atoms with E-state index in [-0.39, 0.29) is 5.78 Å². The van der Waals surface area contributed by atoms with E-state index in [1.54, 1.807) is 13.2 Å². The number of ether oxygens (including phenoxy) is 1. The second-order valence-corrected chi connectivity index (χ2v) is 5.54. The lowest BCUT2D eigenvalue weighted by Gasteiger charge is -2.03. The fraction of sp³-hybridized carbons (Fsp3) is 0.105. The Bertz CT molecular complexity index is 909. The van der Waals surface area contributed by atoms with Gasteiger partial charge in [-0.25, -0.2) is 0 Å². The van der Waals surface area contributed by atoms with E-state index in [1.807, 2.05) is 60.1 Å². The quantitative estimate of drug-likeness (QED) is 0.512. The molecule has 3 rings (SSSR count). The fourth-order valence-electron chi connectivity index (χ4n) is 2.65. The molecule has 0 radical (unpaired) electrons. The number of hydrogen-bond donors (Lipinski definition) is 0. The zero-order valence-corrected chi connectivity index (χ0v) is 13.7. The lowest BCUT2D eigenvalue weighted by atomic mass is 10.1. The summed E-state index contributed by atoms with van der Waals surface area (Å²) in [6, 6.07) is 15.2. The maximum Gasteiger partial charge on any atom is 0.189 e. The van der Waals surface area contributed by atoms with Crippen molar-refractivity contribution < 1.29 is 9.53 Å². The van der Waals surface area contributed by atoms with Crippen LogP contribution in [0.15, 0.2) is 54.6 Å². The molecule has 0 fully saturated rings. The van der Waals surface area contributed by atoms with Gasteiger partial charge in [0.15, 0.2) is 5.78 Å². The number of aryl methyl sites for hydroxylation is 1. The van der Waals surface area contributed by atoms with Gasteiger partial charge in [-0.05, 0) is 24.3 Å². The molecule has 3 aromatic rings. The third kappa shape index (κ3) is 2.76. The predicted molar refractivity (Wildman–Crippen MR) is 94.3 cm³/mol. The van der Waals surface area contributed by atoms with Crippen molar-refractivity contribution in [1.29, 1.82) is 0 Å². The van der Waals surface area contributed by atoms with E-state index in [0.29, 0.717) is 10.7 Å². The second-order valence-electron chi connectivity index (χ2n) is 5.18. The molecule has 0 aliphatic rings. The first-order chi connectivity index (χ1) is 11.1. The molecule has 1 aromatic heterocycles. The Morgan fingerprint density at radius 3 is 2.61 bits per heavy atom. The molecular weight excluding hydrogens is 310 g/mol. The molecule has 0 saturated carbocycles. The highest BCUT2D eigenvalue weighted by molar-refractivity contribution is 6.36. The molecule has 0 saturated heterocycles. The molecule has 23 heavy (non-hydrogen) atoms. The number of halogens is 1. The molecule has 4 heteroatoms. The molecule has 0 amide bonds. The first-order valence-corrected chi connectivity index (χ1v) is 7.59. The Labute approximate surface area is 139 Å². The number of ketones is 1. The fourth-order valence-corrected chi connectivity index (χ4v) is 2.94.